The highest BCUT2D eigenvalue weighted by molar-refractivity contribution is 6.08. The fourth-order valence-electron chi connectivity index (χ4n) is 1.81. The summed E-state index contributed by atoms with van der Waals surface area (Å²) in [4.78, 5) is 15.4. The third kappa shape index (κ3) is 2.15. The van der Waals surface area contributed by atoms with Gasteiger partial charge in [0.1, 0.15) is 0 Å². The first kappa shape index (κ1) is 11.3. The van der Waals surface area contributed by atoms with Crippen molar-refractivity contribution in [3.05, 3.63) is 54.2 Å². The lowest BCUT2D eigenvalue weighted by Gasteiger charge is -2.06. The quantitative estimate of drug-likeness (QED) is 0.691. The van der Waals surface area contributed by atoms with Gasteiger partial charge in [0.2, 0.25) is 5.95 Å². The van der Waals surface area contributed by atoms with Crippen LogP contribution >= 0.6 is 0 Å². The number of pyridine rings is 1. The molecule has 2 aromatic heterocycles. The summed E-state index contributed by atoms with van der Waals surface area (Å²) in [5.41, 5.74) is 1.53. The van der Waals surface area contributed by atoms with Crippen LogP contribution in [0.15, 0.2) is 42.7 Å². The van der Waals surface area contributed by atoms with Gasteiger partial charge in [-0.2, -0.15) is 9.49 Å². The Hall–Kier alpha value is -2.76. The van der Waals surface area contributed by atoms with Gasteiger partial charge in [0.25, 0.3) is 5.91 Å². The number of benzene rings is 1. The fraction of sp³-hybridized carbons (Fsp3) is 0. The number of anilines is 1. The van der Waals surface area contributed by atoms with E-state index >= 15 is 0 Å². The van der Waals surface area contributed by atoms with Crippen LogP contribution in [-0.2, 0) is 0 Å². The van der Waals surface area contributed by atoms with E-state index in [1.165, 1.54) is 12.3 Å². The van der Waals surface area contributed by atoms with E-state index < -0.39 is 11.9 Å². The molecule has 3 aromatic rings. The predicted molar refractivity (Wildman–Crippen MR) is 68.2 cm³/mol. The average molecular weight is 256 g/mol. The Kier molecular flexibility index (Phi) is 2.68. The van der Waals surface area contributed by atoms with E-state index in [0.29, 0.717) is 5.69 Å². The second-order valence-corrected chi connectivity index (χ2v) is 3.96. The summed E-state index contributed by atoms with van der Waals surface area (Å²) in [5.74, 6) is -1.09. The van der Waals surface area contributed by atoms with Crippen molar-refractivity contribution in [1.29, 1.82) is 0 Å². The minimum absolute atomic E-state index is 0.212. The topological polar surface area (TPSA) is 70.7 Å². The minimum Gasteiger partial charge on any atom is -0.320 e. The molecule has 94 valence electrons. The van der Waals surface area contributed by atoms with Gasteiger partial charge in [0, 0.05) is 23.2 Å². The Bertz CT molecular complexity index is 753. The normalized spacial score (nSPS) is 10.6. The maximum atomic E-state index is 13.0. The number of amides is 1. The van der Waals surface area contributed by atoms with Gasteiger partial charge in [-0.3, -0.25) is 9.89 Å². The Balaban J connectivity index is 1.93. The third-order valence-corrected chi connectivity index (χ3v) is 2.71. The molecule has 19 heavy (non-hydrogen) atoms. The van der Waals surface area contributed by atoms with Crippen molar-refractivity contribution >= 4 is 22.5 Å². The van der Waals surface area contributed by atoms with Gasteiger partial charge in [-0.1, -0.05) is 12.1 Å². The molecule has 1 aromatic carbocycles. The monoisotopic (exact) mass is 256 g/mol. The van der Waals surface area contributed by atoms with Crippen LogP contribution in [0.4, 0.5) is 10.1 Å². The summed E-state index contributed by atoms with van der Waals surface area (Å²) in [6.45, 7) is 0. The predicted octanol–water partition coefficient (Wildman–Crippen LogP) is 2.35. The van der Waals surface area contributed by atoms with Crippen molar-refractivity contribution < 1.29 is 9.18 Å². The van der Waals surface area contributed by atoms with Crippen LogP contribution in [0.1, 0.15) is 10.4 Å². The molecule has 0 radical (unpaired) electrons. The molecule has 1 amide bonds. The maximum absolute atomic E-state index is 13.0. The molecule has 0 bridgehead atoms. The van der Waals surface area contributed by atoms with E-state index in [4.69, 9.17) is 0 Å². The van der Waals surface area contributed by atoms with Crippen LogP contribution in [0, 0.1) is 5.95 Å². The number of nitrogens with zero attached hydrogens (tertiary/aromatic N) is 2. The van der Waals surface area contributed by atoms with E-state index in [-0.39, 0.29) is 5.56 Å². The van der Waals surface area contributed by atoms with Crippen molar-refractivity contribution in [2.75, 3.05) is 5.32 Å². The highest BCUT2D eigenvalue weighted by atomic mass is 19.1. The van der Waals surface area contributed by atoms with Crippen molar-refractivity contribution in [2.45, 2.75) is 0 Å². The number of carbonyl (C=O) groups is 1. The van der Waals surface area contributed by atoms with E-state index in [2.05, 4.69) is 20.5 Å². The number of nitrogens with one attached hydrogen (secondary N) is 2. The maximum Gasteiger partial charge on any atom is 0.255 e. The van der Waals surface area contributed by atoms with Gasteiger partial charge in [-0.05, 0) is 12.1 Å². The van der Waals surface area contributed by atoms with E-state index in [9.17, 15) is 9.18 Å². The second-order valence-electron chi connectivity index (χ2n) is 3.96. The zero-order valence-corrected chi connectivity index (χ0v) is 9.72. The summed E-state index contributed by atoms with van der Waals surface area (Å²) < 4.78 is 13.0. The molecule has 3 rings (SSSR count). The zero-order chi connectivity index (χ0) is 13.2. The molecule has 0 aliphatic rings. The molecule has 6 heteroatoms. The highest BCUT2D eigenvalue weighted by Crippen LogP contribution is 2.21. The molecule has 2 N–H and O–H groups in total. The first-order valence-corrected chi connectivity index (χ1v) is 5.59. The summed E-state index contributed by atoms with van der Waals surface area (Å²) in [7, 11) is 0. The summed E-state index contributed by atoms with van der Waals surface area (Å²) in [5, 5.41) is 10.3. The van der Waals surface area contributed by atoms with Gasteiger partial charge in [-0.25, -0.2) is 4.98 Å². The molecule has 5 nitrogen and oxygen atoms in total. The number of aromatic nitrogens is 3. The molecule has 0 spiro atoms. The van der Waals surface area contributed by atoms with E-state index in [1.54, 1.807) is 18.3 Å². The van der Waals surface area contributed by atoms with Crippen LogP contribution in [0.3, 0.4) is 0 Å². The number of halogens is 1. The Morgan fingerprint density at radius 2 is 2.21 bits per heavy atom. The molecule has 0 aliphatic heterocycles. The first-order chi connectivity index (χ1) is 9.24. The van der Waals surface area contributed by atoms with Crippen molar-refractivity contribution in [3.8, 4) is 0 Å². The number of rotatable bonds is 2. The van der Waals surface area contributed by atoms with Gasteiger partial charge in [0.15, 0.2) is 0 Å². The molecule has 0 saturated heterocycles. The number of hydrogen-bond acceptors (Lipinski definition) is 3. The highest BCUT2D eigenvalue weighted by Gasteiger charge is 2.10. The number of carbonyl (C=O) groups excluding carboxylic acids is 1. The average Bonchev–Trinajstić information content (AvgIpc) is 2.88. The first-order valence-electron chi connectivity index (χ1n) is 5.59. The summed E-state index contributed by atoms with van der Waals surface area (Å²) in [6, 6.07) is 7.96. The molecule has 0 fully saturated rings. The lowest BCUT2D eigenvalue weighted by molar-refractivity contribution is 0.102. The minimum atomic E-state index is -0.688. The lowest BCUT2D eigenvalue weighted by atomic mass is 10.2. The van der Waals surface area contributed by atoms with Gasteiger partial charge in [0.05, 0.1) is 17.4 Å². The Morgan fingerprint density at radius 3 is 3.05 bits per heavy atom. The largest absolute Gasteiger partial charge is 0.320 e. The van der Waals surface area contributed by atoms with Crippen LogP contribution < -0.4 is 5.32 Å². The molecule has 0 atom stereocenters. The Morgan fingerprint density at radius 1 is 1.32 bits per heavy atom. The lowest BCUT2D eigenvalue weighted by Crippen LogP contribution is -2.12. The number of fused-ring (bicyclic) bond motifs is 1. The van der Waals surface area contributed by atoms with Crippen molar-refractivity contribution in [1.82, 2.24) is 15.2 Å². The Labute approximate surface area is 107 Å². The number of para-hydroxylation sites is 1. The van der Waals surface area contributed by atoms with Crippen LogP contribution in [-0.4, -0.2) is 21.1 Å². The number of aromatic amines is 1. The fourth-order valence-corrected chi connectivity index (χ4v) is 1.81. The molecule has 0 aliphatic carbocycles. The molecule has 2 heterocycles. The van der Waals surface area contributed by atoms with E-state index in [1.807, 2.05) is 6.07 Å². The summed E-state index contributed by atoms with van der Waals surface area (Å²) >= 11 is 0. The number of hydrogen-bond donors (Lipinski definition) is 2. The zero-order valence-electron chi connectivity index (χ0n) is 9.72. The van der Waals surface area contributed by atoms with Gasteiger partial charge >= 0.3 is 0 Å². The number of H-pyrrole nitrogens is 1. The van der Waals surface area contributed by atoms with Crippen LogP contribution in [0.25, 0.3) is 10.9 Å². The van der Waals surface area contributed by atoms with Gasteiger partial charge < -0.3 is 5.32 Å². The van der Waals surface area contributed by atoms with Crippen molar-refractivity contribution in [2.24, 2.45) is 0 Å². The molecule has 0 saturated carbocycles. The standard InChI is InChI=1S/C13H9FN4O/c14-11-6-8(4-5-15-11)13(19)17-10-3-1-2-9-7-16-18-12(9)10/h1-7H,(H,16,18)(H,17,19). The second kappa shape index (κ2) is 4.49. The SMILES string of the molecule is O=C(Nc1cccc2cn[nH]c12)c1ccnc(F)c1. The molecule has 0 unspecified atom stereocenters. The smallest absolute Gasteiger partial charge is 0.255 e. The third-order valence-electron chi connectivity index (χ3n) is 2.71. The molecular formula is C13H9FN4O. The van der Waals surface area contributed by atoms with Crippen LogP contribution in [0.5, 0.6) is 0 Å². The van der Waals surface area contributed by atoms with E-state index in [0.717, 1.165) is 17.0 Å². The van der Waals surface area contributed by atoms with Crippen molar-refractivity contribution in [3.63, 3.8) is 0 Å². The van der Waals surface area contributed by atoms with Gasteiger partial charge in [-0.15, -0.1) is 0 Å². The molecular weight excluding hydrogens is 247 g/mol. The van der Waals surface area contributed by atoms with Crippen LogP contribution in [0.2, 0.25) is 0 Å². The summed E-state index contributed by atoms with van der Waals surface area (Å²) in [6.07, 6.45) is 2.91.